The van der Waals surface area contributed by atoms with Gasteiger partial charge >= 0.3 is 0 Å². The molecule has 4 rings (SSSR count). The van der Waals surface area contributed by atoms with E-state index >= 15 is 0 Å². The molecule has 2 heterocycles. The van der Waals surface area contributed by atoms with Gasteiger partial charge in [-0.2, -0.15) is 4.98 Å². The number of fused-ring (bicyclic) bond motifs is 1. The molecule has 0 radical (unpaired) electrons. The smallest absolute Gasteiger partial charge is 0.227 e. The Labute approximate surface area is 163 Å². The molecule has 0 fully saturated rings. The normalized spacial score (nSPS) is 21.5. The second-order valence-electron chi connectivity index (χ2n) is 7.14. The standard InChI is InChI=1S/C20H24N4O2S/c1-4-9-26-14-7-5-13(6-8-14)18-17-15(10-12(2)11-16(17)25)21-19-22-20(27-3)23-24(18)19/h5-8,12,18H,4,9-11H2,1-3H3,(H,21,22,23)/t12-,18-/m0/s1. The molecule has 0 unspecified atom stereocenters. The Morgan fingerprint density at radius 3 is 2.78 bits per heavy atom. The summed E-state index contributed by atoms with van der Waals surface area (Å²) >= 11 is 1.50. The number of anilines is 1. The summed E-state index contributed by atoms with van der Waals surface area (Å²) in [5.74, 6) is 2.08. The van der Waals surface area contributed by atoms with Gasteiger partial charge in [0.1, 0.15) is 11.8 Å². The van der Waals surface area contributed by atoms with Gasteiger partial charge < -0.3 is 10.1 Å². The van der Waals surface area contributed by atoms with Gasteiger partial charge in [-0.15, -0.1) is 5.10 Å². The highest BCUT2D eigenvalue weighted by Gasteiger charge is 2.38. The van der Waals surface area contributed by atoms with Crippen LogP contribution in [0.15, 0.2) is 40.7 Å². The van der Waals surface area contributed by atoms with Crippen LogP contribution in [-0.4, -0.2) is 33.4 Å². The van der Waals surface area contributed by atoms with Crippen LogP contribution in [-0.2, 0) is 4.79 Å². The molecular formula is C20H24N4O2S. The molecule has 2 aromatic rings. The number of nitrogens with one attached hydrogen (secondary N) is 1. The van der Waals surface area contributed by atoms with Gasteiger partial charge in [0.05, 0.1) is 6.61 Å². The zero-order valence-electron chi connectivity index (χ0n) is 15.9. The fraction of sp³-hybridized carbons (Fsp3) is 0.450. The summed E-state index contributed by atoms with van der Waals surface area (Å²) in [5, 5.41) is 8.70. The van der Waals surface area contributed by atoms with Gasteiger partial charge in [0.15, 0.2) is 5.78 Å². The fourth-order valence-corrected chi connectivity index (χ4v) is 4.10. The van der Waals surface area contributed by atoms with Crippen molar-refractivity contribution in [1.82, 2.24) is 14.8 Å². The van der Waals surface area contributed by atoms with E-state index in [0.29, 0.717) is 30.1 Å². The van der Waals surface area contributed by atoms with E-state index < -0.39 is 0 Å². The van der Waals surface area contributed by atoms with Crippen molar-refractivity contribution < 1.29 is 9.53 Å². The number of Topliss-reactive ketones (excluding diaryl/α,β-unsaturated/α-hetero) is 1. The topological polar surface area (TPSA) is 69.0 Å². The van der Waals surface area contributed by atoms with Gasteiger partial charge in [0.25, 0.3) is 0 Å². The van der Waals surface area contributed by atoms with Crippen molar-refractivity contribution in [3.63, 3.8) is 0 Å². The van der Waals surface area contributed by atoms with Crippen LogP contribution in [0.2, 0.25) is 0 Å². The molecule has 0 spiro atoms. The molecule has 2 aliphatic rings. The van der Waals surface area contributed by atoms with E-state index in [4.69, 9.17) is 4.74 Å². The number of carbonyl (C=O) groups excluding carboxylic acids is 1. The lowest BCUT2D eigenvalue weighted by molar-refractivity contribution is -0.117. The number of carbonyl (C=O) groups is 1. The number of rotatable bonds is 5. The number of hydrogen-bond acceptors (Lipinski definition) is 6. The average Bonchev–Trinajstić information content (AvgIpc) is 3.07. The maximum Gasteiger partial charge on any atom is 0.227 e. The van der Waals surface area contributed by atoms with Crippen molar-refractivity contribution in [2.45, 2.75) is 44.3 Å². The van der Waals surface area contributed by atoms with Crippen molar-refractivity contribution in [3.05, 3.63) is 41.1 Å². The molecule has 1 aromatic carbocycles. The third-order valence-electron chi connectivity index (χ3n) is 4.96. The highest BCUT2D eigenvalue weighted by atomic mass is 32.2. The van der Waals surface area contributed by atoms with E-state index in [9.17, 15) is 4.79 Å². The molecule has 2 atom stereocenters. The van der Waals surface area contributed by atoms with Crippen LogP contribution in [0.25, 0.3) is 0 Å². The maximum absolute atomic E-state index is 12.9. The first-order valence-corrected chi connectivity index (χ1v) is 10.6. The molecule has 0 amide bonds. The Kier molecular flexibility index (Phi) is 4.95. The Morgan fingerprint density at radius 1 is 1.30 bits per heavy atom. The predicted molar refractivity (Wildman–Crippen MR) is 106 cm³/mol. The van der Waals surface area contributed by atoms with Gasteiger partial charge in [0, 0.05) is 17.7 Å². The molecule has 1 aromatic heterocycles. The van der Waals surface area contributed by atoms with Gasteiger partial charge in [-0.3, -0.25) is 4.79 Å². The lowest BCUT2D eigenvalue weighted by Crippen LogP contribution is -2.33. The Balaban J connectivity index is 1.77. The molecule has 0 saturated heterocycles. The number of benzene rings is 1. The average molecular weight is 385 g/mol. The maximum atomic E-state index is 12.9. The summed E-state index contributed by atoms with van der Waals surface area (Å²) in [6.07, 6.45) is 4.36. The molecule has 1 aliphatic heterocycles. The van der Waals surface area contributed by atoms with Crippen molar-refractivity contribution >= 4 is 23.5 Å². The Hall–Kier alpha value is -2.28. The summed E-state index contributed by atoms with van der Waals surface area (Å²) < 4.78 is 7.55. The van der Waals surface area contributed by atoms with E-state index in [1.54, 1.807) is 0 Å². The molecule has 6 nitrogen and oxygen atoms in total. The van der Waals surface area contributed by atoms with Gasteiger partial charge in [0.2, 0.25) is 11.1 Å². The first-order valence-electron chi connectivity index (χ1n) is 9.37. The Morgan fingerprint density at radius 2 is 2.07 bits per heavy atom. The zero-order valence-corrected chi connectivity index (χ0v) is 16.7. The molecule has 27 heavy (non-hydrogen) atoms. The van der Waals surface area contributed by atoms with Gasteiger partial charge in [-0.1, -0.05) is 37.7 Å². The molecule has 7 heteroatoms. The summed E-state index contributed by atoms with van der Waals surface area (Å²) in [6, 6.07) is 7.75. The molecule has 0 saturated carbocycles. The third kappa shape index (κ3) is 3.36. The van der Waals surface area contributed by atoms with Crippen molar-refractivity contribution in [2.24, 2.45) is 5.92 Å². The number of nitrogens with zero attached hydrogens (tertiary/aromatic N) is 3. The number of ether oxygens (including phenoxy) is 1. The monoisotopic (exact) mass is 384 g/mol. The summed E-state index contributed by atoms with van der Waals surface area (Å²) in [5.41, 5.74) is 2.83. The minimum Gasteiger partial charge on any atom is -0.494 e. The lowest BCUT2D eigenvalue weighted by Gasteiger charge is -2.34. The largest absolute Gasteiger partial charge is 0.494 e. The van der Waals surface area contributed by atoms with Gasteiger partial charge in [-0.05, 0) is 42.7 Å². The van der Waals surface area contributed by atoms with Crippen LogP contribution < -0.4 is 10.1 Å². The van der Waals surface area contributed by atoms with E-state index in [2.05, 4.69) is 29.2 Å². The number of ketones is 1. The highest BCUT2D eigenvalue weighted by Crippen LogP contribution is 2.41. The second kappa shape index (κ2) is 7.38. The number of thioether (sulfide) groups is 1. The molecule has 1 aliphatic carbocycles. The van der Waals surface area contributed by atoms with Crippen LogP contribution in [0.3, 0.4) is 0 Å². The molecule has 0 bridgehead atoms. The molecular weight excluding hydrogens is 360 g/mol. The summed E-state index contributed by atoms with van der Waals surface area (Å²) in [7, 11) is 0. The summed E-state index contributed by atoms with van der Waals surface area (Å²) in [6.45, 7) is 4.90. The van der Waals surface area contributed by atoms with Crippen LogP contribution in [0.5, 0.6) is 5.75 Å². The van der Waals surface area contributed by atoms with Crippen LogP contribution in [0.1, 0.15) is 44.7 Å². The quantitative estimate of drug-likeness (QED) is 0.784. The minimum absolute atomic E-state index is 0.194. The lowest BCUT2D eigenvalue weighted by atomic mass is 9.81. The number of hydrogen-bond donors (Lipinski definition) is 1. The number of allylic oxidation sites excluding steroid dienone is 2. The first kappa shape index (κ1) is 18.1. The van der Waals surface area contributed by atoms with E-state index in [1.807, 2.05) is 35.2 Å². The van der Waals surface area contributed by atoms with Crippen LogP contribution >= 0.6 is 11.8 Å². The SMILES string of the molecule is CCCOc1ccc([C@H]2C3=C(C[C@H](C)CC3=O)Nc3nc(SC)nn32)cc1. The molecule has 1 N–H and O–H groups in total. The molecule has 142 valence electrons. The van der Waals surface area contributed by atoms with Crippen molar-refractivity contribution in [3.8, 4) is 5.75 Å². The van der Waals surface area contributed by atoms with E-state index in [0.717, 1.165) is 35.4 Å². The van der Waals surface area contributed by atoms with Crippen LogP contribution in [0.4, 0.5) is 5.95 Å². The van der Waals surface area contributed by atoms with Crippen LogP contribution in [0, 0.1) is 5.92 Å². The van der Waals surface area contributed by atoms with E-state index in [-0.39, 0.29) is 11.8 Å². The van der Waals surface area contributed by atoms with Gasteiger partial charge in [-0.25, -0.2) is 4.68 Å². The first-order chi connectivity index (χ1) is 13.1. The second-order valence-corrected chi connectivity index (χ2v) is 7.91. The summed E-state index contributed by atoms with van der Waals surface area (Å²) in [4.78, 5) is 17.5. The Bertz CT molecular complexity index is 888. The zero-order chi connectivity index (χ0) is 19.0. The number of aromatic nitrogens is 3. The third-order valence-corrected chi connectivity index (χ3v) is 5.49. The van der Waals surface area contributed by atoms with Crippen molar-refractivity contribution in [1.29, 1.82) is 0 Å². The van der Waals surface area contributed by atoms with E-state index in [1.165, 1.54) is 11.8 Å². The minimum atomic E-state index is -0.245. The predicted octanol–water partition coefficient (Wildman–Crippen LogP) is 4.06. The fourth-order valence-electron chi connectivity index (χ4n) is 3.75. The highest BCUT2D eigenvalue weighted by molar-refractivity contribution is 7.98. The van der Waals surface area contributed by atoms with Crippen molar-refractivity contribution in [2.75, 3.05) is 18.2 Å².